The van der Waals surface area contributed by atoms with Crippen LogP contribution in [0.15, 0.2) is 36.5 Å². The van der Waals surface area contributed by atoms with Gasteiger partial charge in [0.25, 0.3) is 0 Å². The van der Waals surface area contributed by atoms with Crippen LogP contribution in [0, 0.1) is 0 Å². The molecule has 136 valence electrons. The number of hydrogen-bond donors (Lipinski definition) is 2. The lowest BCUT2D eigenvalue weighted by molar-refractivity contribution is 0.0398. The van der Waals surface area contributed by atoms with Crippen molar-refractivity contribution in [3.8, 4) is 0 Å². The first kappa shape index (κ1) is 16.7. The van der Waals surface area contributed by atoms with Gasteiger partial charge in [0.1, 0.15) is 5.82 Å². The van der Waals surface area contributed by atoms with Gasteiger partial charge in [0.15, 0.2) is 0 Å². The third kappa shape index (κ3) is 3.76. The molecule has 0 spiro atoms. The lowest BCUT2D eigenvalue weighted by Crippen LogP contribution is -2.39. The summed E-state index contributed by atoms with van der Waals surface area (Å²) in [4.78, 5) is 15.8. The Bertz CT molecular complexity index is 873. The number of aryl methyl sites for hydroxylation is 1. The Morgan fingerprint density at radius 2 is 1.96 bits per heavy atom. The third-order valence-corrected chi connectivity index (χ3v) is 4.50. The Labute approximate surface area is 152 Å². The minimum absolute atomic E-state index is 0.528. The van der Waals surface area contributed by atoms with Crippen LogP contribution in [0.4, 0.5) is 17.7 Å². The summed E-state index contributed by atoms with van der Waals surface area (Å²) in [7, 11) is 1.97. The number of ether oxygens (including phenoxy) is 1. The smallest absolute Gasteiger partial charge is 0.231 e. The predicted octanol–water partition coefficient (Wildman–Crippen LogP) is 1.85. The van der Waals surface area contributed by atoms with Gasteiger partial charge in [-0.1, -0.05) is 12.1 Å². The molecule has 2 aromatic heterocycles. The topological polar surface area (TPSA) is 80.1 Å². The molecule has 0 amide bonds. The molecule has 3 heterocycles. The molecule has 4 rings (SSSR count). The Kier molecular flexibility index (Phi) is 4.94. The monoisotopic (exact) mass is 353 g/mol. The number of aromatic nitrogens is 4. The third-order valence-electron chi connectivity index (χ3n) is 4.50. The molecule has 1 saturated heterocycles. The van der Waals surface area contributed by atoms with Gasteiger partial charge in [-0.25, -0.2) is 9.97 Å². The molecular weight excluding hydrogens is 330 g/mol. The quantitative estimate of drug-likeness (QED) is 0.700. The fraction of sp³-hybridized carbons (Fsp3) is 0.389. The molecule has 8 nitrogen and oxygen atoms in total. The van der Waals surface area contributed by atoms with Gasteiger partial charge in [-0.05, 0) is 18.2 Å². The summed E-state index contributed by atoms with van der Waals surface area (Å²) in [6, 6.07) is 9.89. The van der Waals surface area contributed by atoms with Crippen molar-refractivity contribution in [2.24, 2.45) is 7.05 Å². The second-order valence-electron chi connectivity index (χ2n) is 6.25. The van der Waals surface area contributed by atoms with E-state index < -0.39 is 0 Å². The van der Waals surface area contributed by atoms with Crippen molar-refractivity contribution in [3.05, 3.63) is 36.5 Å². The standard InChI is InChI=1S/C18H23N7O/c1-24-15-5-3-2-4-14(15)21-18(24)23-17-20-7-6-16(22-17)19-8-9-25-10-12-26-13-11-25/h2-7H,8-13H2,1H3,(H2,19,20,21,22,23). The number of hydrogen-bond acceptors (Lipinski definition) is 7. The van der Waals surface area contributed by atoms with Crippen LogP contribution in [0.1, 0.15) is 0 Å². The van der Waals surface area contributed by atoms with Crippen LogP contribution in [0.25, 0.3) is 11.0 Å². The summed E-state index contributed by atoms with van der Waals surface area (Å²) >= 11 is 0. The summed E-state index contributed by atoms with van der Waals surface area (Å²) in [5.41, 5.74) is 2.01. The highest BCUT2D eigenvalue weighted by Gasteiger charge is 2.10. The molecule has 3 aromatic rings. The number of rotatable bonds is 6. The molecule has 2 N–H and O–H groups in total. The minimum atomic E-state index is 0.528. The largest absolute Gasteiger partial charge is 0.379 e. The van der Waals surface area contributed by atoms with Crippen molar-refractivity contribution in [1.29, 1.82) is 0 Å². The molecule has 1 aliphatic rings. The molecule has 26 heavy (non-hydrogen) atoms. The van der Waals surface area contributed by atoms with Crippen molar-refractivity contribution in [1.82, 2.24) is 24.4 Å². The number of nitrogens with one attached hydrogen (secondary N) is 2. The van der Waals surface area contributed by atoms with Crippen LogP contribution >= 0.6 is 0 Å². The zero-order chi connectivity index (χ0) is 17.8. The highest BCUT2D eigenvalue weighted by Crippen LogP contribution is 2.20. The molecule has 1 aliphatic heterocycles. The van der Waals surface area contributed by atoms with Gasteiger partial charge >= 0.3 is 0 Å². The van der Waals surface area contributed by atoms with E-state index in [0.29, 0.717) is 5.95 Å². The summed E-state index contributed by atoms with van der Waals surface area (Å²) in [5, 5.41) is 6.56. The molecular formula is C18H23N7O. The molecule has 0 radical (unpaired) electrons. The maximum absolute atomic E-state index is 5.37. The van der Waals surface area contributed by atoms with Gasteiger partial charge < -0.3 is 14.6 Å². The van der Waals surface area contributed by atoms with E-state index in [9.17, 15) is 0 Å². The van der Waals surface area contributed by atoms with E-state index in [-0.39, 0.29) is 0 Å². The average Bonchev–Trinajstić information content (AvgIpc) is 2.99. The highest BCUT2D eigenvalue weighted by atomic mass is 16.5. The van der Waals surface area contributed by atoms with Crippen LogP contribution in [-0.2, 0) is 11.8 Å². The average molecular weight is 353 g/mol. The summed E-state index contributed by atoms with van der Waals surface area (Å²) < 4.78 is 7.37. The van der Waals surface area contributed by atoms with Crippen molar-refractivity contribution in [2.45, 2.75) is 0 Å². The first-order valence-electron chi connectivity index (χ1n) is 8.85. The van der Waals surface area contributed by atoms with Gasteiger partial charge in [0.2, 0.25) is 11.9 Å². The van der Waals surface area contributed by atoms with Crippen LogP contribution in [-0.4, -0.2) is 63.8 Å². The number of anilines is 3. The van der Waals surface area contributed by atoms with Gasteiger partial charge in [0, 0.05) is 39.4 Å². The number of morpholine rings is 1. The number of benzene rings is 1. The molecule has 0 saturated carbocycles. The Balaban J connectivity index is 1.39. The second kappa shape index (κ2) is 7.67. The van der Waals surface area contributed by atoms with E-state index in [1.165, 1.54) is 0 Å². The van der Waals surface area contributed by atoms with Crippen molar-refractivity contribution in [3.63, 3.8) is 0 Å². The number of imidazole rings is 1. The van der Waals surface area contributed by atoms with E-state index >= 15 is 0 Å². The van der Waals surface area contributed by atoms with Crippen LogP contribution in [0.3, 0.4) is 0 Å². The molecule has 0 unspecified atom stereocenters. The lowest BCUT2D eigenvalue weighted by atomic mass is 10.3. The molecule has 0 atom stereocenters. The lowest BCUT2D eigenvalue weighted by Gasteiger charge is -2.26. The van der Waals surface area contributed by atoms with Crippen LogP contribution in [0.2, 0.25) is 0 Å². The van der Waals surface area contributed by atoms with E-state index in [1.54, 1.807) is 6.20 Å². The Morgan fingerprint density at radius 3 is 2.81 bits per heavy atom. The Morgan fingerprint density at radius 1 is 1.12 bits per heavy atom. The first-order chi connectivity index (χ1) is 12.8. The van der Waals surface area contributed by atoms with Crippen molar-refractivity contribution >= 4 is 28.7 Å². The normalized spacial score (nSPS) is 15.3. The van der Waals surface area contributed by atoms with Crippen molar-refractivity contribution < 1.29 is 4.74 Å². The highest BCUT2D eigenvalue weighted by molar-refractivity contribution is 5.79. The fourth-order valence-electron chi connectivity index (χ4n) is 3.04. The van der Waals surface area contributed by atoms with E-state index in [4.69, 9.17) is 4.74 Å². The fourth-order valence-corrected chi connectivity index (χ4v) is 3.04. The van der Waals surface area contributed by atoms with Gasteiger partial charge in [-0.2, -0.15) is 4.98 Å². The van der Waals surface area contributed by atoms with Crippen molar-refractivity contribution in [2.75, 3.05) is 50.0 Å². The SMILES string of the molecule is Cn1c(Nc2nccc(NCCN3CCOCC3)n2)nc2ccccc21. The van der Waals surface area contributed by atoms with Gasteiger partial charge in [-0.15, -0.1) is 0 Å². The Hall–Kier alpha value is -2.71. The van der Waals surface area contributed by atoms with E-state index in [0.717, 1.165) is 62.2 Å². The molecule has 1 fully saturated rings. The number of fused-ring (bicyclic) bond motifs is 1. The maximum Gasteiger partial charge on any atom is 0.231 e. The maximum atomic E-state index is 5.37. The van der Waals surface area contributed by atoms with Crippen LogP contribution in [0.5, 0.6) is 0 Å². The summed E-state index contributed by atoms with van der Waals surface area (Å²) in [5.74, 6) is 2.05. The zero-order valence-corrected chi connectivity index (χ0v) is 14.9. The molecule has 0 bridgehead atoms. The minimum Gasteiger partial charge on any atom is -0.379 e. The number of para-hydroxylation sites is 2. The first-order valence-corrected chi connectivity index (χ1v) is 8.85. The van der Waals surface area contributed by atoms with Crippen LogP contribution < -0.4 is 10.6 Å². The zero-order valence-electron chi connectivity index (χ0n) is 14.9. The van der Waals surface area contributed by atoms with E-state index in [1.807, 2.05) is 41.9 Å². The van der Waals surface area contributed by atoms with Gasteiger partial charge in [-0.3, -0.25) is 10.2 Å². The molecule has 8 heteroatoms. The summed E-state index contributed by atoms with van der Waals surface area (Å²) in [6.45, 7) is 5.43. The van der Waals surface area contributed by atoms with Gasteiger partial charge in [0.05, 0.1) is 24.2 Å². The number of nitrogens with zero attached hydrogens (tertiary/aromatic N) is 5. The predicted molar refractivity (Wildman–Crippen MR) is 102 cm³/mol. The molecule has 0 aliphatic carbocycles. The summed E-state index contributed by atoms with van der Waals surface area (Å²) in [6.07, 6.45) is 1.75. The second-order valence-corrected chi connectivity index (χ2v) is 6.25. The van der Waals surface area contributed by atoms with E-state index in [2.05, 4.69) is 30.5 Å². The molecule has 1 aromatic carbocycles.